The number of hydrogen-bond acceptors (Lipinski definition) is 3. The molecular formula is C15H20N2O3S. The lowest BCUT2D eigenvalue weighted by atomic mass is 9.96. The van der Waals surface area contributed by atoms with Gasteiger partial charge < -0.3 is 15.7 Å². The van der Waals surface area contributed by atoms with Gasteiger partial charge in [0.25, 0.3) is 0 Å². The summed E-state index contributed by atoms with van der Waals surface area (Å²) in [4.78, 5) is 23.2. The standard InChI is InChI=1S/C15H20N2O3S/c18-14(19)7-6-11-8-13(21-10-11)9-16-15(20)17-12-4-2-1-3-5-12/h6-8,10,12H,1-5,9H2,(H,18,19)(H2,16,17,20). The number of urea groups is 1. The molecule has 0 atom stereocenters. The van der Waals surface area contributed by atoms with Crippen LogP contribution in [0.25, 0.3) is 6.08 Å². The van der Waals surface area contributed by atoms with Gasteiger partial charge in [0.1, 0.15) is 0 Å². The van der Waals surface area contributed by atoms with Gasteiger partial charge in [-0.1, -0.05) is 19.3 Å². The maximum absolute atomic E-state index is 11.8. The Morgan fingerprint density at radius 1 is 1.33 bits per heavy atom. The van der Waals surface area contributed by atoms with E-state index in [1.807, 2.05) is 11.4 Å². The maximum atomic E-state index is 11.8. The highest BCUT2D eigenvalue weighted by Crippen LogP contribution is 2.18. The lowest BCUT2D eigenvalue weighted by molar-refractivity contribution is -0.131. The van der Waals surface area contributed by atoms with Gasteiger partial charge in [-0.15, -0.1) is 11.3 Å². The Morgan fingerprint density at radius 2 is 2.10 bits per heavy atom. The van der Waals surface area contributed by atoms with E-state index in [0.29, 0.717) is 12.6 Å². The molecule has 0 spiro atoms. The number of amides is 2. The molecule has 1 aromatic heterocycles. The molecule has 0 saturated heterocycles. The molecule has 1 aromatic rings. The highest BCUT2D eigenvalue weighted by Gasteiger charge is 2.15. The van der Waals surface area contributed by atoms with Crippen molar-refractivity contribution >= 4 is 29.4 Å². The van der Waals surface area contributed by atoms with Crippen LogP contribution in [-0.2, 0) is 11.3 Å². The van der Waals surface area contributed by atoms with E-state index in [0.717, 1.165) is 29.4 Å². The molecule has 6 heteroatoms. The Bertz CT molecular complexity index is 519. The van der Waals surface area contributed by atoms with Crippen molar-refractivity contribution < 1.29 is 14.7 Å². The molecule has 114 valence electrons. The minimum Gasteiger partial charge on any atom is -0.478 e. The lowest BCUT2D eigenvalue weighted by Gasteiger charge is -2.22. The van der Waals surface area contributed by atoms with Crippen LogP contribution < -0.4 is 10.6 Å². The highest BCUT2D eigenvalue weighted by molar-refractivity contribution is 7.10. The summed E-state index contributed by atoms with van der Waals surface area (Å²) in [6.45, 7) is 0.462. The average molecular weight is 308 g/mol. The molecule has 21 heavy (non-hydrogen) atoms. The minimum atomic E-state index is -0.965. The number of carboxylic acid groups (broad SMARTS) is 1. The van der Waals surface area contributed by atoms with Crippen molar-refractivity contribution in [3.63, 3.8) is 0 Å². The first-order chi connectivity index (χ1) is 10.1. The molecule has 3 N–H and O–H groups in total. The number of carboxylic acids is 1. The van der Waals surface area contributed by atoms with Gasteiger partial charge in [0, 0.05) is 17.0 Å². The third-order valence-corrected chi connectivity index (χ3v) is 4.41. The highest BCUT2D eigenvalue weighted by atomic mass is 32.1. The van der Waals surface area contributed by atoms with Crippen molar-refractivity contribution in [3.8, 4) is 0 Å². The Morgan fingerprint density at radius 3 is 2.81 bits per heavy atom. The van der Waals surface area contributed by atoms with Gasteiger partial charge in [-0.3, -0.25) is 0 Å². The van der Waals surface area contributed by atoms with Crippen LogP contribution in [0.1, 0.15) is 42.5 Å². The summed E-state index contributed by atoms with van der Waals surface area (Å²) in [5, 5.41) is 16.3. The summed E-state index contributed by atoms with van der Waals surface area (Å²) in [5.41, 5.74) is 0.840. The molecule has 0 unspecified atom stereocenters. The zero-order valence-corrected chi connectivity index (χ0v) is 12.6. The number of carbonyl (C=O) groups is 2. The molecule has 1 heterocycles. The normalized spacial score (nSPS) is 16.0. The van der Waals surface area contributed by atoms with E-state index in [9.17, 15) is 9.59 Å². The molecule has 1 aliphatic carbocycles. The van der Waals surface area contributed by atoms with Gasteiger partial charge in [0.05, 0.1) is 6.54 Å². The number of rotatable bonds is 5. The third kappa shape index (κ3) is 5.59. The molecule has 1 saturated carbocycles. The molecule has 2 rings (SSSR count). The number of aliphatic carboxylic acids is 1. The Balaban J connectivity index is 1.74. The number of nitrogens with one attached hydrogen (secondary N) is 2. The quantitative estimate of drug-likeness (QED) is 0.732. The van der Waals surface area contributed by atoms with Crippen molar-refractivity contribution in [1.82, 2.24) is 10.6 Å². The first-order valence-corrected chi connectivity index (χ1v) is 8.04. The molecule has 0 aromatic carbocycles. The molecular weight excluding hydrogens is 288 g/mol. The summed E-state index contributed by atoms with van der Waals surface area (Å²) in [6.07, 6.45) is 8.43. The molecule has 5 nitrogen and oxygen atoms in total. The largest absolute Gasteiger partial charge is 0.478 e. The van der Waals surface area contributed by atoms with Crippen molar-refractivity contribution in [2.24, 2.45) is 0 Å². The Labute approximate surface area is 128 Å². The summed E-state index contributed by atoms with van der Waals surface area (Å²) >= 11 is 1.50. The second-order valence-electron chi connectivity index (χ2n) is 5.18. The summed E-state index contributed by atoms with van der Waals surface area (Å²) in [5.74, 6) is -0.965. The molecule has 0 radical (unpaired) electrons. The number of hydrogen-bond donors (Lipinski definition) is 3. The van der Waals surface area contributed by atoms with E-state index in [2.05, 4.69) is 10.6 Å². The van der Waals surface area contributed by atoms with Gasteiger partial charge >= 0.3 is 12.0 Å². The van der Waals surface area contributed by atoms with Gasteiger partial charge in [-0.25, -0.2) is 9.59 Å². The van der Waals surface area contributed by atoms with Crippen LogP contribution in [-0.4, -0.2) is 23.1 Å². The SMILES string of the molecule is O=C(O)C=Cc1csc(CNC(=O)NC2CCCCC2)c1. The number of carbonyl (C=O) groups excluding carboxylic acids is 1. The van der Waals surface area contributed by atoms with Gasteiger partial charge in [-0.05, 0) is 35.9 Å². The minimum absolute atomic E-state index is 0.127. The van der Waals surface area contributed by atoms with Crippen LogP contribution in [0.2, 0.25) is 0 Å². The second kappa shape index (κ2) is 7.83. The van der Waals surface area contributed by atoms with Crippen molar-refractivity contribution in [3.05, 3.63) is 28.0 Å². The number of thiophene rings is 1. The van der Waals surface area contributed by atoms with Crippen LogP contribution in [0.5, 0.6) is 0 Å². The Hall–Kier alpha value is -1.82. The van der Waals surface area contributed by atoms with Gasteiger partial charge in [0.2, 0.25) is 0 Å². The summed E-state index contributed by atoms with van der Waals surface area (Å²) in [6, 6.07) is 2.06. The van der Waals surface area contributed by atoms with E-state index >= 15 is 0 Å². The smallest absolute Gasteiger partial charge is 0.328 e. The maximum Gasteiger partial charge on any atom is 0.328 e. The zero-order valence-electron chi connectivity index (χ0n) is 11.8. The van der Waals surface area contributed by atoms with Crippen molar-refractivity contribution in [2.45, 2.75) is 44.7 Å². The van der Waals surface area contributed by atoms with Crippen LogP contribution >= 0.6 is 11.3 Å². The topological polar surface area (TPSA) is 78.4 Å². The van der Waals surface area contributed by atoms with Crippen LogP contribution in [0.4, 0.5) is 4.79 Å². The van der Waals surface area contributed by atoms with E-state index in [1.165, 1.54) is 30.6 Å². The Kier molecular flexibility index (Phi) is 5.80. The third-order valence-electron chi connectivity index (χ3n) is 3.46. The lowest BCUT2D eigenvalue weighted by Crippen LogP contribution is -2.42. The first-order valence-electron chi connectivity index (χ1n) is 7.16. The zero-order chi connectivity index (χ0) is 15.1. The summed E-state index contributed by atoms with van der Waals surface area (Å²) < 4.78 is 0. The fourth-order valence-electron chi connectivity index (χ4n) is 2.40. The monoisotopic (exact) mass is 308 g/mol. The van der Waals surface area contributed by atoms with Crippen LogP contribution in [0.15, 0.2) is 17.5 Å². The van der Waals surface area contributed by atoms with Crippen molar-refractivity contribution in [2.75, 3.05) is 0 Å². The van der Waals surface area contributed by atoms with E-state index in [1.54, 1.807) is 6.08 Å². The average Bonchev–Trinajstić information content (AvgIpc) is 2.92. The molecule has 0 bridgehead atoms. The van der Waals surface area contributed by atoms with Gasteiger partial charge in [0.15, 0.2) is 0 Å². The second-order valence-corrected chi connectivity index (χ2v) is 6.18. The van der Waals surface area contributed by atoms with Gasteiger partial charge in [-0.2, -0.15) is 0 Å². The molecule has 1 aliphatic rings. The van der Waals surface area contributed by atoms with Crippen LogP contribution in [0, 0.1) is 0 Å². The molecule has 1 fully saturated rings. The first kappa shape index (κ1) is 15.6. The van der Waals surface area contributed by atoms with Crippen molar-refractivity contribution in [1.29, 1.82) is 0 Å². The predicted octanol–water partition coefficient (Wildman–Crippen LogP) is 2.98. The van der Waals surface area contributed by atoms with Crippen LogP contribution in [0.3, 0.4) is 0 Å². The van der Waals surface area contributed by atoms with E-state index in [4.69, 9.17) is 5.11 Å². The summed E-state index contributed by atoms with van der Waals surface area (Å²) in [7, 11) is 0. The van der Waals surface area contributed by atoms with E-state index < -0.39 is 5.97 Å². The predicted molar refractivity (Wildman–Crippen MR) is 83.2 cm³/mol. The fraction of sp³-hybridized carbons (Fsp3) is 0.467. The van der Waals surface area contributed by atoms with E-state index in [-0.39, 0.29) is 6.03 Å². The molecule has 0 aliphatic heterocycles. The molecule has 2 amide bonds. The fourth-order valence-corrected chi connectivity index (χ4v) is 3.19.